The van der Waals surface area contributed by atoms with Gasteiger partial charge in [-0.2, -0.15) is 21.0 Å². The summed E-state index contributed by atoms with van der Waals surface area (Å²) in [5.41, 5.74) is 1.05. The van der Waals surface area contributed by atoms with E-state index >= 15 is 0 Å². The Morgan fingerprint density at radius 1 is 0.647 bits per heavy atom. The summed E-state index contributed by atoms with van der Waals surface area (Å²) in [6, 6.07) is 10.4. The van der Waals surface area contributed by atoms with Crippen LogP contribution in [0.1, 0.15) is 73.6 Å². The first-order chi connectivity index (χ1) is 15.8. The number of hydrogen-bond acceptors (Lipinski definition) is 6. The first-order valence-electron chi connectivity index (χ1n) is 10.5. The Balaban J connectivity index is 3.99. The third-order valence-corrected chi connectivity index (χ3v) is 9.90. The van der Waals surface area contributed by atoms with E-state index in [1.807, 2.05) is 24.3 Å². The Morgan fingerprint density at radius 2 is 0.882 bits per heavy atom. The first-order valence-corrected chi connectivity index (χ1v) is 13.7. The van der Waals surface area contributed by atoms with Crippen LogP contribution in [-0.2, 0) is 19.4 Å². The van der Waals surface area contributed by atoms with Gasteiger partial charge in [0.05, 0.1) is 34.6 Å². The molecule has 0 atom stereocenters. The van der Waals surface area contributed by atoms with Crippen molar-refractivity contribution in [3.8, 4) is 24.3 Å². The summed E-state index contributed by atoms with van der Waals surface area (Å²) in [4.78, 5) is 41.3. The van der Waals surface area contributed by atoms with E-state index < -0.39 is 25.5 Å². The van der Waals surface area contributed by atoms with Gasteiger partial charge in [-0.1, -0.05) is 12.1 Å². The number of nitriles is 4. The van der Waals surface area contributed by atoms with Crippen molar-refractivity contribution in [2.45, 2.75) is 75.5 Å². The summed E-state index contributed by atoms with van der Waals surface area (Å²) in [6.07, 6.45) is -1.52. The van der Waals surface area contributed by atoms with Crippen molar-refractivity contribution in [1.29, 1.82) is 21.0 Å². The zero-order valence-corrected chi connectivity index (χ0v) is 20.9. The lowest BCUT2D eigenvalue weighted by Gasteiger charge is -2.38. The second-order valence-electron chi connectivity index (χ2n) is 8.27. The number of nitrogens with zero attached hydrogens (tertiary/aromatic N) is 4. The minimum atomic E-state index is -4.90. The summed E-state index contributed by atoms with van der Waals surface area (Å²) >= 11 is 0. The van der Waals surface area contributed by atoms with E-state index in [-0.39, 0.29) is 62.5 Å². The number of benzene rings is 1. The lowest BCUT2D eigenvalue weighted by atomic mass is 9.80. The first kappa shape index (κ1) is 29.5. The summed E-state index contributed by atoms with van der Waals surface area (Å²) in [6.45, 7) is 3.08. The van der Waals surface area contributed by atoms with Crippen LogP contribution in [0, 0.1) is 59.2 Å². The van der Waals surface area contributed by atoms with E-state index in [1.54, 1.807) is 13.8 Å². The molecule has 0 radical (unpaired) electrons. The van der Waals surface area contributed by atoms with Crippen molar-refractivity contribution in [3.63, 3.8) is 0 Å². The second kappa shape index (κ2) is 11.8. The molecule has 182 valence electrons. The van der Waals surface area contributed by atoms with Gasteiger partial charge >= 0.3 is 15.2 Å². The molecule has 0 saturated heterocycles. The molecule has 0 spiro atoms. The fourth-order valence-electron chi connectivity index (χ4n) is 4.55. The molecule has 34 heavy (non-hydrogen) atoms. The molecule has 0 amide bonds. The largest absolute Gasteiger partial charge is 0.336 e. The van der Waals surface area contributed by atoms with Crippen LogP contribution in [0.25, 0.3) is 0 Å². The minimum Gasteiger partial charge on any atom is -0.324 e. The van der Waals surface area contributed by atoms with Crippen LogP contribution in [0.5, 0.6) is 0 Å². The molecule has 0 fully saturated rings. The second-order valence-corrected chi connectivity index (χ2v) is 12.2. The zero-order valence-electron chi connectivity index (χ0n) is 19.1. The van der Waals surface area contributed by atoms with Gasteiger partial charge in [0.25, 0.3) is 0 Å². The van der Waals surface area contributed by atoms with Crippen molar-refractivity contribution >= 4 is 15.2 Å². The molecule has 4 N–H and O–H groups in total. The Hall–Kier alpha value is -2.52. The van der Waals surface area contributed by atoms with Crippen molar-refractivity contribution in [2.24, 2.45) is 0 Å². The van der Waals surface area contributed by atoms with Crippen molar-refractivity contribution in [3.05, 3.63) is 34.4 Å². The van der Waals surface area contributed by atoms with Crippen LogP contribution in [0.2, 0.25) is 0 Å². The molecule has 1 aromatic rings. The fourth-order valence-corrected chi connectivity index (χ4v) is 7.28. The highest BCUT2D eigenvalue weighted by molar-refractivity contribution is 7.53. The van der Waals surface area contributed by atoms with Gasteiger partial charge in [-0.3, -0.25) is 9.13 Å². The predicted molar refractivity (Wildman–Crippen MR) is 123 cm³/mol. The van der Waals surface area contributed by atoms with E-state index in [0.29, 0.717) is 11.1 Å². The summed E-state index contributed by atoms with van der Waals surface area (Å²) < 4.78 is 25.5. The average Bonchev–Trinajstić information content (AvgIpc) is 2.74. The molecule has 12 heteroatoms. The Morgan fingerprint density at radius 3 is 1.06 bits per heavy atom. The maximum atomic E-state index is 12.7. The van der Waals surface area contributed by atoms with Crippen molar-refractivity contribution < 1.29 is 28.7 Å². The van der Waals surface area contributed by atoms with E-state index in [0.717, 1.165) is 0 Å². The van der Waals surface area contributed by atoms with Crippen LogP contribution in [-0.4, -0.2) is 19.6 Å². The Labute approximate surface area is 199 Å². The SMILES string of the molecule is Cc1cc(C(CCC#N)(CCC#N)P(=O)(O)O)c(C)cc1C(CCC#N)(CCC#N)P(=O)(O)O. The minimum absolute atomic E-state index is 0.173. The number of rotatable bonds is 12. The Kier molecular flexibility index (Phi) is 10.2. The zero-order chi connectivity index (χ0) is 26.2. The van der Waals surface area contributed by atoms with Gasteiger partial charge in [-0.15, -0.1) is 0 Å². The van der Waals surface area contributed by atoms with Crippen LogP contribution in [0.4, 0.5) is 0 Å². The van der Waals surface area contributed by atoms with Crippen molar-refractivity contribution in [1.82, 2.24) is 0 Å². The van der Waals surface area contributed by atoms with E-state index in [1.165, 1.54) is 12.1 Å². The molecule has 0 saturated carbocycles. The third kappa shape index (κ3) is 5.93. The van der Waals surface area contributed by atoms with Gasteiger partial charge in [0.1, 0.15) is 0 Å². The maximum Gasteiger partial charge on any atom is 0.336 e. The number of hydrogen-bond donors (Lipinski definition) is 4. The van der Waals surface area contributed by atoms with E-state index in [9.17, 15) is 28.7 Å². The van der Waals surface area contributed by atoms with E-state index in [2.05, 4.69) is 0 Å². The molecule has 0 aliphatic carbocycles. The lowest BCUT2D eigenvalue weighted by molar-refractivity contribution is 0.305. The fraction of sp³-hybridized carbons (Fsp3) is 0.545. The van der Waals surface area contributed by atoms with Gasteiger partial charge < -0.3 is 19.6 Å². The van der Waals surface area contributed by atoms with Gasteiger partial charge in [0, 0.05) is 25.7 Å². The van der Waals surface area contributed by atoms with Gasteiger partial charge in [0.2, 0.25) is 0 Å². The molecular weight excluding hydrogens is 478 g/mol. The van der Waals surface area contributed by atoms with Crippen LogP contribution in [0.15, 0.2) is 12.1 Å². The van der Waals surface area contributed by atoms with Gasteiger partial charge in [0.15, 0.2) is 0 Å². The standard InChI is InChI=1S/C22H28N4O6P2/c1-17-15-20(22(9-5-13-25,10-6-14-26)34(30,31)32)18(2)16-19(17)21(7-3-11-23,8-4-12-24)33(27,28)29/h15-16H,3-10H2,1-2H3,(H2,27,28,29)(H2,30,31,32). The molecule has 0 aliphatic rings. The monoisotopic (exact) mass is 506 g/mol. The topological polar surface area (TPSA) is 210 Å². The van der Waals surface area contributed by atoms with Gasteiger partial charge in [-0.25, -0.2) is 0 Å². The molecule has 0 aliphatic heterocycles. The number of aryl methyl sites for hydroxylation is 2. The molecule has 1 rings (SSSR count). The quantitative estimate of drug-likeness (QED) is 0.296. The molecular formula is C22H28N4O6P2. The summed E-state index contributed by atoms with van der Waals surface area (Å²) in [5.74, 6) is 0. The highest BCUT2D eigenvalue weighted by Gasteiger charge is 2.51. The highest BCUT2D eigenvalue weighted by Crippen LogP contribution is 2.65. The molecule has 0 bridgehead atoms. The summed E-state index contributed by atoms with van der Waals surface area (Å²) in [5, 5.41) is 32.7. The van der Waals surface area contributed by atoms with Crippen molar-refractivity contribution in [2.75, 3.05) is 0 Å². The maximum absolute atomic E-state index is 12.7. The van der Waals surface area contributed by atoms with Crippen LogP contribution < -0.4 is 0 Å². The van der Waals surface area contributed by atoms with Crippen LogP contribution >= 0.6 is 15.2 Å². The van der Waals surface area contributed by atoms with E-state index in [4.69, 9.17) is 21.0 Å². The third-order valence-electron chi connectivity index (χ3n) is 6.29. The summed E-state index contributed by atoms with van der Waals surface area (Å²) in [7, 11) is -9.80. The Bertz CT molecular complexity index is 1030. The highest BCUT2D eigenvalue weighted by atomic mass is 31.2. The van der Waals surface area contributed by atoms with Gasteiger partial charge in [-0.05, 0) is 61.8 Å². The molecule has 0 heterocycles. The smallest absolute Gasteiger partial charge is 0.324 e. The molecule has 1 aromatic carbocycles. The lowest BCUT2D eigenvalue weighted by Crippen LogP contribution is -2.30. The average molecular weight is 506 g/mol. The molecule has 0 aromatic heterocycles. The predicted octanol–water partition coefficient (Wildman–Crippen LogP) is 4.26. The van der Waals surface area contributed by atoms with Crippen LogP contribution in [0.3, 0.4) is 0 Å². The normalized spacial score (nSPS) is 12.3. The molecule has 0 unspecified atom stereocenters. The molecule has 10 nitrogen and oxygen atoms in total.